The lowest BCUT2D eigenvalue weighted by Crippen LogP contribution is -2.37. The summed E-state index contributed by atoms with van der Waals surface area (Å²) < 4.78 is 0. The van der Waals surface area contributed by atoms with Gasteiger partial charge in [0.05, 0.1) is 0 Å². The zero-order valence-corrected chi connectivity index (χ0v) is 13.9. The van der Waals surface area contributed by atoms with E-state index >= 15 is 0 Å². The minimum absolute atomic E-state index is 0. The highest BCUT2D eigenvalue weighted by Crippen LogP contribution is 2.23. The van der Waals surface area contributed by atoms with Gasteiger partial charge in [0, 0.05) is 24.3 Å². The predicted molar refractivity (Wildman–Crippen MR) is 91.0 cm³/mol. The molecular weight excluding hydrogens is 284 g/mol. The number of amides is 1. The first-order valence-electron chi connectivity index (χ1n) is 7.73. The van der Waals surface area contributed by atoms with Gasteiger partial charge in [-0.1, -0.05) is 38.2 Å². The van der Waals surface area contributed by atoms with Crippen molar-refractivity contribution in [2.24, 2.45) is 0 Å². The molecule has 4 heteroatoms. The highest BCUT2D eigenvalue weighted by molar-refractivity contribution is 5.96. The molecule has 118 valence electrons. The van der Waals surface area contributed by atoms with Gasteiger partial charge in [-0.2, -0.15) is 0 Å². The molecule has 0 atom stereocenters. The summed E-state index contributed by atoms with van der Waals surface area (Å²) in [7, 11) is 1.94. The van der Waals surface area contributed by atoms with Crippen molar-refractivity contribution in [3.8, 4) is 0 Å². The molecule has 0 radical (unpaired) electrons. The third-order valence-corrected chi connectivity index (χ3v) is 4.43. The van der Waals surface area contributed by atoms with Crippen LogP contribution in [0.2, 0.25) is 0 Å². The first-order chi connectivity index (χ1) is 9.59. The standard InChI is InChI=1S/C17H26N2O.ClH/c1-13-10-11-14(18)12-16(13)17(20)19(2)15-8-6-4-3-5-7-9-15;/h10-12,15H,3-9,18H2,1-2H3;1H. The Morgan fingerprint density at radius 1 is 1.14 bits per heavy atom. The quantitative estimate of drug-likeness (QED) is 0.833. The van der Waals surface area contributed by atoms with Crippen molar-refractivity contribution in [3.05, 3.63) is 29.3 Å². The second-order valence-electron chi connectivity index (χ2n) is 5.99. The Hall–Kier alpha value is -1.22. The van der Waals surface area contributed by atoms with E-state index in [1.54, 1.807) is 6.07 Å². The highest BCUT2D eigenvalue weighted by atomic mass is 35.5. The summed E-state index contributed by atoms with van der Waals surface area (Å²) in [6.45, 7) is 1.97. The number of hydrogen-bond acceptors (Lipinski definition) is 2. The van der Waals surface area contributed by atoms with Crippen LogP contribution in [-0.4, -0.2) is 23.9 Å². The molecule has 0 heterocycles. The van der Waals surface area contributed by atoms with Crippen LogP contribution in [0.25, 0.3) is 0 Å². The fourth-order valence-electron chi connectivity index (χ4n) is 3.05. The van der Waals surface area contributed by atoms with Gasteiger partial charge < -0.3 is 10.6 Å². The van der Waals surface area contributed by atoms with E-state index in [-0.39, 0.29) is 18.3 Å². The molecule has 0 spiro atoms. The Labute approximate surface area is 134 Å². The van der Waals surface area contributed by atoms with Gasteiger partial charge in [0.1, 0.15) is 0 Å². The minimum Gasteiger partial charge on any atom is -0.399 e. The molecular formula is C17H27ClN2O. The number of carbonyl (C=O) groups is 1. The molecule has 1 aromatic rings. The van der Waals surface area contributed by atoms with Gasteiger partial charge in [-0.15, -0.1) is 12.4 Å². The van der Waals surface area contributed by atoms with Crippen LogP contribution < -0.4 is 5.73 Å². The summed E-state index contributed by atoms with van der Waals surface area (Å²) in [4.78, 5) is 14.6. The number of halogens is 1. The fraction of sp³-hybridized carbons (Fsp3) is 0.588. The Bertz CT molecular complexity index is 468. The van der Waals surface area contributed by atoms with Gasteiger partial charge in [0.25, 0.3) is 5.91 Å². The third kappa shape index (κ3) is 4.63. The summed E-state index contributed by atoms with van der Waals surface area (Å²) in [5.74, 6) is 0.111. The van der Waals surface area contributed by atoms with Crippen LogP contribution in [0, 0.1) is 6.92 Å². The Balaban J connectivity index is 0.00000220. The van der Waals surface area contributed by atoms with Crippen molar-refractivity contribution in [1.29, 1.82) is 0 Å². The Morgan fingerprint density at radius 3 is 2.33 bits per heavy atom. The number of carbonyl (C=O) groups excluding carboxylic acids is 1. The minimum atomic E-state index is 0. The summed E-state index contributed by atoms with van der Waals surface area (Å²) >= 11 is 0. The lowest BCUT2D eigenvalue weighted by atomic mass is 9.95. The smallest absolute Gasteiger partial charge is 0.254 e. The maximum absolute atomic E-state index is 12.7. The van der Waals surface area contributed by atoms with Gasteiger partial charge in [-0.3, -0.25) is 4.79 Å². The van der Waals surface area contributed by atoms with E-state index in [1.807, 2.05) is 31.0 Å². The van der Waals surface area contributed by atoms with E-state index in [4.69, 9.17) is 5.73 Å². The van der Waals surface area contributed by atoms with Crippen LogP contribution in [-0.2, 0) is 0 Å². The maximum Gasteiger partial charge on any atom is 0.254 e. The second kappa shape index (κ2) is 8.28. The number of aryl methyl sites for hydroxylation is 1. The largest absolute Gasteiger partial charge is 0.399 e. The van der Waals surface area contributed by atoms with E-state index in [9.17, 15) is 4.79 Å². The lowest BCUT2D eigenvalue weighted by Gasteiger charge is -2.30. The first kappa shape index (κ1) is 17.8. The lowest BCUT2D eigenvalue weighted by molar-refractivity contribution is 0.0706. The van der Waals surface area contributed by atoms with Crippen molar-refractivity contribution in [2.45, 2.75) is 57.9 Å². The third-order valence-electron chi connectivity index (χ3n) is 4.43. The first-order valence-corrected chi connectivity index (χ1v) is 7.73. The van der Waals surface area contributed by atoms with Gasteiger partial charge in [0.2, 0.25) is 0 Å². The zero-order chi connectivity index (χ0) is 14.5. The second-order valence-corrected chi connectivity index (χ2v) is 5.99. The molecule has 21 heavy (non-hydrogen) atoms. The van der Waals surface area contributed by atoms with E-state index in [0.29, 0.717) is 11.7 Å². The molecule has 0 bridgehead atoms. The number of nitrogens with zero attached hydrogens (tertiary/aromatic N) is 1. The van der Waals surface area contributed by atoms with E-state index < -0.39 is 0 Å². The van der Waals surface area contributed by atoms with Gasteiger partial charge in [-0.25, -0.2) is 0 Å². The van der Waals surface area contributed by atoms with Crippen LogP contribution in [0.1, 0.15) is 60.9 Å². The van der Waals surface area contributed by atoms with E-state index in [0.717, 1.165) is 24.0 Å². The number of rotatable bonds is 2. The van der Waals surface area contributed by atoms with Crippen LogP contribution in [0.4, 0.5) is 5.69 Å². The molecule has 1 fully saturated rings. The summed E-state index contributed by atoms with van der Waals surface area (Å²) in [6, 6.07) is 5.96. The molecule has 0 aliphatic heterocycles. The highest BCUT2D eigenvalue weighted by Gasteiger charge is 2.22. The molecule has 2 N–H and O–H groups in total. The molecule has 2 rings (SSSR count). The maximum atomic E-state index is 12.7. The summed E-state index contributed by atoms with van der Waals surface area (Å²) in [5, 5.41) is 0. The number of anilines is 1. The summed E-state index contributed by atoms with van der Waals surface area (Å²) in [6.07, 6.45) is 8.67. The number of hydrogen-bond donors (Lipinski definition) is 1. The van der Waals surface area contributed by atoms with E-state index in [2.05, 4.69) is 0 Å². The van der Waals surface area contributed by atoms with E-state index in [1.165, 1.54) is 32.1 Å². The molecule has 1 saturated carbocycles. The predicted octanol–water partition coefficient (Wildman–Crippen LogP) is 4.18. The molecule has 0 saturated heterocycles. The molecule has 1 aromatic carbocycles. The van der Waals surface area contributed by atoms with Crippen molar-refractivity contribution in [1.82, 2.24) is 4.90 Å². The number of nitrogens with two attached hydrogens (primary N) is 1. The molecule has 0 aromatic heterocycles. The fourth-order valence-corrected chi connectivity index (χ4v) is 3.05. The van der Waals surface area contributed by atoms with Crippen molar-refractivity contribution in [2.75, 3.05) is 12.8 Å². The molecule has 1 aliphatic carbocycles. The summed E-state index contributed by atoms with van der Waals surface area (Å²) in [5.41, 5.74) is 8.22. The molecule has 1 aliphatic rings. The van der Waals surface area contributed by atoms with Crippen LogP contribution in [0.5, 0.6) is 0 Å². The van der Waals surface area contributed by atoms with Gasteiger partial charge in [0.15, 0.2) is 0 Å². The number of benzene rings is 1. The number of nitrogen functional groups attached to an aromatic ring is 1. The Morgan fingerprint density at radius 2 is 1.71 bits per heavy atom. The zero-order valence-electron chi connectivity index (χ0n) is 13.1. The van der Waals surface area contributed by atoms with Crippen molar-refractivity contribution < 1.29 is 4.79 Å². The van der Waals surface area contributed by atoms with Gasteiger partial charge >= 0.3 is 0 Å². The average molecular weight is 311 g/mol. The normalized spacial score (nSPS) is 16.5. The molecule has 3 nitrogen and oxygen atoms in total. The molecule has 1 amide bonds. The molecule has 0 unspecified atom stereocenters. The monoisotopic (exact) mass is 310 g/mol. The van der Waals surface area contributed by atoms with Gasteiger partial charge in [-0.05, 0) is 37.5 Å². The van der Waals surface area contributed by atoms with Crippen molar-refractivity contribution in [3.63, 3.8) is 0 Å². The van der Waals surface area contributed by atoms with Crippen LogP contribution >= 0.6 is 12.4 Å². The van der Waals surface area contributed by atoms with Crippen LogP contribution in [0.15, 0.2) is 18.2 Å². The average Bonchev–Trinajstić information content (AvgIpc) is 2.40. The van der Waals surface area contributed by atoms with Crippen molar-refractivity contribution >= 4 is 24.0 Å². The SMILES string of the molecule is Cc1ccc(N)cc1C(=O)N(C)C1CCCCCCC1.Cl. The topological polar surface area (TPSA) is 46.3 Å². The van der Waals surface area contributed by atoms with Crippen LogP contribution in [0.3, 0.4) is 0 Å². The Kier molecular flexibility index (Phi) is 7.03.